The summed E-state index contributed by atoms with van der Waals surface area (Å²) in [4.78, 5) is 11.1. The summed E-state index contributed by atoms with van der Waals surface area (Å²) in [7, 11) is 0. The van der Waals surface area contributed by atoms with Gasteiger partial charge in [0.2, 0.25) is 0 Å². The average Bonchev–Trinajstić information content (AvgIpc) is 2.63. The number of carboxylic acid groups (broad SMARTS) is 1. The number of carbonyl (C=O) groups is 1. The highest BCUT2D eigenvalue weighted by Gasteiger charge is 2.42. The molecule has 0 bridgehead atoms. The predicted octanol–water partition coefficient (Wildman–Crippen LogP) is 2.62. The molecule has 2 N–H and O–H groups in total. The maximum Gasteiger partial charge on any atom is 0.339 e. The lowest BCUT2D eigenvalue weighted by Crippen LogP contribution is -2.36. The first-order chi connectivity index (χ1) is 7.92. The van der Waals surface area contributed by atoms with Crippen LogP contribution in [0.15, 0.2) is 16.7 Å². The van der Waals surface area contributed by atoms with Crippen LogP contribution in [0.2, 0.25) is 0 Å². The average molecular weight is 238 g/mol. The molecule has 0 amide bonds. The van der Waals surface area contributed by atoms with Crippen molar-refractivity contribution in [1.82, 2.24) is 0 Å². The Balaban J connectivity index is 2.36. The van der Waals surface area contributed by atoms with Crippen LogP contribution in [0.5, 0.6) is 0 Å². The third kappa shape index (κ3) is 2.22. The first-order valence-corrected chi connectivity index (χ1v) is 5.96. The largest absolute Gasteiger partial charge is 0.478 e. The lowest BCUT2D eigenvalue weighted by atomic mass is 9.72. The lowest BCUT2D eigenvalue weighted by Gasteiger charge is -2.37. The van der Waals surface area contributed by atoms with Crippen LogP contribution in [0.25, 0.3) is 0 Å². The van der Waals surface area contributed by atoms with E-state index in [9.17, 15) is 9.90 Å². The molecule has 1 aliphatic rings. The number of rotatable bonds is 2. The van der Waals surface area contributed by atoms with Crippen LogP contribution in [-0.2, 0) is 5.60 Å². The molecule has 1 aromatic rings. The van der Waals surface area contributed by atoms with Crippen molar-refractivity contribution in [1.29, 1.82) is 0 Å². The molecule has 2 rings (SSSR count). The van der Waals surface area contributed by atoms with Crippen molar-refractivity contribution < 1.29 is 19.4 Å². The van der Waals surface area contributed by atoms with Crippen molar-refractivity contribution in [2.75, 3.05) is 0 Å². The summed E-state index contributed by atoms with van der Waals surface area (Å²) in [6.07, 6.45) is 3.52. The molecular weight excluding hydrogens is 220 g/mol. The summed E-state index contributed by atoms with van der Waals surface area (Å²) in [5, 5.41) is 19.7. The minimum absolute atomic E-state index is 0.0776. The van der Waals surface area contributed by atoms with E-state index < -0.39 is 11.6 Å². The molecule has 0 saturated heterocycles. The molecule has 4 heteroatoms. The molecule has 0 spiro atoms. The number of hydrogen-bond acceptors (Lipinski definition) is 3. The Morgan fingerprint density at radius 1 is 1.41 bits per heavy atom. The van der Waals surface area contributed by atoms with Gasteiger partial charge in [0.15, 0.2) is 0 Å². The van der Waals surface area contributed by atoms with E-state index >= 15 is 0 Å². The van der Waals surface area contributed by atoms with E-state index in [0.29, 0.717) is 24.7 Å². The fraction of sp³-hybridized carbons (Fsp3) is 0.615. The Kier molecular flexibility index (Phi) is 3.00. The Morgan fingerprint density at radius 3 is 2.53 bits per heavy atom. The van der Waals surface area contributed by atoms with E-state index in [1.54, 1.807) is 0 Å². The van der Waals surface area contributed by atoms with E-state index in [2.05, 4.69) is 13.8 Å². The van der Waals surface area contributed by atoms with Gasteiger partial charge >= 0.3 is 5.97 Å². The number of hydrogen-bond donors (Lipinski definition) is 2. The molecule has 2 atom stereocenters. The third-order valence-corrected chi connectivity index (χ3v) is 3.50. The molecule has 0 aliphatic heterocycles. The molecule has 1 saturated carbocycles. The van der Waals surface area contributed by atoms with Gasteiger partial charge in [0.05, 0.1) is 6.26 Å². The highest BCUT2D eigenvalue weighted by atomic mass is 16.4. The van der Waals surface area contributed by atoms with Crippen LogP contribution >= 0.6 is 0 Å². The lowest BCUT2D eigenvalue weighted by molar-refractivity contribution is -0.0534. The Hall–Kier alpha value is -1.29. The zero-order chi connectivity index (χ0) is 12.6. The van der Waals surface area contributed by atoms with Crippen LogP contribution in [0.4, 0.5) is 0 Å². The second-order valence-corrected chi connectivity index (χ2v) is 5.35. The molecule has 4 nitrogen and oxygen atoms in total. The number of furan rings is 1. The van der Waals surface area contributed by atoms with Crippen molar-refractivity contribution in [3.05, 3.63) is 23.7 Å². The molecule has 2 unspecified atom stereocenters. The van der Waals surface area contributed by atoms with Crippen LogP contribution < -0.4 is 0 Å². The fourth-order valence-electron chi connectivity index (χ4n) is 3.11. The predicted molar refractivity (Wildman–Crippen MR) is 61.7 cm³/mol. The smallest absolute Gasteiger partial charge is 0.339 e. The van der Waals surface area contributed by atoms with Crippen molar-refractivity contribution in [3.8, 4) is 0 Å². The maximum absolute atomic E-state index is 11.1. The second-order valence-electron chi connectivity index (χ2n) is 5.35. The number of carboxylic acids is 1. The van der Waals surface area contributed by atoms with Gasteiger partial charge in [-0.1, -0.05) is 13.8 Å². The van der Waals surface area contributed by atoms with Crippen molar-refractivity contribution in [2.45, 2.75) is 38.7 Å². The highest BCUT2D eigenvalue weighted by molar-refractivity contribution is 5.89. The van der Waals surface area contributed by atoms with Gasteiger partial charge in [-0.2, -0.15) is 0 Å². The zero-order valence-electron chi connectivity index (χ0n) is 10.1. The Bertz CT molecular complexity index is 411. The summed E-state index contributed by atoms with van der Waals surface area (Å²) in [5.74, 6) is -0.0950. The normalized spacial score (nSPS) is 33.6. The van der Waals surface area contributed by atoms with E-state index in [1.807, 2.05) is 0 Å². The molecule has 1 aromatic heterocycles. The zero-order valence-corrected chi connectivity index (χ0v) is 10.1. The molecule has 0 radical (unpaired) electrons. The summed E-state index contributed by atoms with van der Waals surface area (Å²) >= 11 is 0. The Labute approximate surface area is 100 Å². The van der Waals surface area contributed by atoms with Gasteiger partial charge in [-0.25, -0.2) is 4.79 Å². The van der Waals surface area contributed by atoms with Gasteiger partial charge in [-0.05, 0) is 37.2 Å². The van der Waals surface area contributed by atoms with Crippen LogP contribution in [0.1, 0.15) is 49.2 Å². The second kappa shape index (κ2) is 4.18. The molecule has 17 heavy (non-hydrogen) atoms. The minimum atomic E-state index is -1.13. The molecule has 0 aromatic carbocycles. The standard InChI is InChI=1S/C13H18O4/c1-8-5-9(2)7-13(16,6-8)11-10(12(14)15)3-4-17-11/h3-4,8-9,16H,5-7H2,1-2H3,(H,14,15). The molecule has 1 aliphatic carbocycles. The van der Waals surface area contributed by atoms with Gasteiger partial charge in [0, 0.05) is 0 Å². The summed E-state index contributed by atoms with van der Waals surface area (Å²) < 4.78 is 5.23. The monoisotopic (exact) mass is 238 g/mol. The maximum atomic E-state index is 11.1. The summed E-state index contributed by atoms with van der Waals surface area (Å²) in [5.41, 5.74) is -1.05. The topological polar surface area (TPSA) is 70.7 Å². The van der Waals surface area contributed by atoms with E-state index in [-0.39, 0.29) is 11.3 Å². The Morgan fingerprint density at radius 2 is 2.00 bits per heavy atom. The number of aromatic carboxylic acids is 1. The summed E-state index contributed by atoms with van der Waals surface area (Å²) in [6.45, 7) is 4.15. The van der Waals surface area contributed by atoms with Crippen molar-refractivity contribution in [2.24, 2.45) is 11.8 Å². The van der Waals surface area contributed by atoms with Crippen LogP contribution in [-0.4, -0.2) is 16.2 Å². The minimum Gasteiger partial charge on any atom is -0.478 e. The molecular formula is C13H18O4. The molecule has 1 heterocycles. The molecule has 94 valence electrons. The quantitative estimate of drug-likeness (QED) is 0.830. The van der Waals surface area contributed by atoms with E-state index in [1.165, 1.54) is 12.3 Å². The van der Waals surface area contributed by atoms with Crippen molar-refractivity contribution in [3.63, 3.8) is 0 Å². The van der Waals surface area contributed by atoms with Gasteiger partial charge in [-0.3, -0.25) is 0 Å². The summed E-state index contributed by atoms with van der Waals surface area (Å²) in [6, 6.07) is 1.40. The van der Waals surface area contributed by atoms with Gasteiger partial charge in [0.25, 0.3) is 0 Å². The first-order valence-electron chi connectivity index (χ1n) is 5.96. The number of aliphatic hydroxyl groups is 1. The van der Waals surface area contributed by atoms with Gasteiger partial charge in [0.1, 0.15) is 16.9 Å². The van der Waals surface area contributed by atoms with Gasteiger partial charge in [-0.15, -0.1) is 0 Å². The van der Waals surface area contributed by atoms with Crippen molar-refractivity contribution >= 4 is 5.97 Å². The van der Waals surface area contributed by atoms with Crippen LogP contribution in [0, 0.1) is 11.8 Å². The fourth-order valence-corrected chi connectivity index (χ4v) is 3.11. The SMILES string of the molecule is CC1CC(C)CC(O)(c2occc2C(=O)O)C1. The van der Waals surface area contributed by atoms with E-state index in [0.717, 1.165) is 6.42 Å². The van der Waals surface area contributed by atoms with E-state index in [4.69, 9.17) is 9.52 Å². The van der Waals surface area contributed by atoms with Gasteiger partial charge < -0.3 is 14.6 Å². The van der Waals surface area contributed by atoms with Crippen LogP contribution in [0.3, 0.4) is 0 Å². The highest BCUT2D eigenvalue weighted by Crippen LogP contribution is 2.43. The third-order valence-electron chi connectivity index (χ3n) is 3.50. The molecule has 1 fully saturated rings. The first kappa shape index (κ1) is 12.2.